The minimum Gasteiger partial charge on any atom is -0.478 e. The lowest BCUT2D eigenvalue weighted by molar-refractivity contribution is -0.134. The summed E-state index contributed by atoms with van der Waals surface area (Å²) in [5, 5.41) is 15.6. The Morgan fingerprint density at radius 2 is 1.43 bits per heavy atom. The number of hydrogen-bond acceptors (Lipinski definition) is 3. The van der Waals surface area contributed by atoms with Crippen molar-refractivity contribution in [2.75, 3.05) is 5.73 Å². The van der Waals surface area contributed by atoms with Gasteiger partial charge in [-0.2, -0.15) is 0 Å². The summed E-state index contributed by atoms with van der Waals surface area (Å²) >= 11 is 0. The van der Waals surface area contributed by atoms with Crippen LogP contribution in [0.5, 0.6) is 0 Å². The number of carboxylic acid groups (broad SMARTS) is 2. The first-order valence-corrected chi connectivity index (χ1v) is 6.90. The highest BCUT2D eigenvalue weighted by atomic mass is 16.4. The van der Waals surface area contributed by atoms with E-state index in [1.807, 2.05) is 6.07 Å². The van der Waals surface area contributed by atoms with Crippen molar-refractivity contribution < 1.29 is 19.8 Å². The summed E-state index contributed by atoms with van der Waals surface area (Å²) in [4.78, 5) is 19.1. The molecule has 0 bridgehead atoms. The molecule has 1 aromatic rings. The van der Waals surface area contributed by atoms with E-state index in [1.54, 1.807) is 0 Å². The molecule has 0 aliphatic rings. The maximum absolute atomic E-state index is 9.55. The highest BCUT2D eigenvalue weighted by Gasteiger charge is 2.06. The van der Waals surface area contributed by atoms with Crippen LogP contribution in [-0.2, 0) is 28.9 Å². The maximum atomic E-state index is 9.55. The van der Waals surface area contributed by atoms with Gasteiger partial charge in [0, 0.05) is 17.8 Å². The van der Waals surface area contributed by atoms with Gasteiger partial charge in [-0.15, -0.1) is 0 Å². The molecule has 5 heteroatoms. The molecule has 1 aromatic carbocycles. The minimum absolute atomic E-state index is 0.558. The average Bonchev–Trinajstić information content (AvgIpc) is 2.45. The second kappa shape index (κ2) is 9.58. The van der Waals surface area contributed by atoms with Gasteiger partial charge < -0.3 is 15.9 Å². The molecule has 4 N–H and O–H groups in total. The third-order valence-electron chi connectivity index (χ3n) is 3.02. The number of benzene rings is 1. The van der Waals surface area contributed by atoms with Gasteiger partial charge in [0.25, 0.3) is 0 Å². The molecule has 0 aromatic heterocycles. The van der Waals surface area contributed by atoms with Crippen LogP contribution in [0.3, 0.4) is 0 Å². The molecule has 0 saturated carbocycles. The van der Waals surface area contributed by atoms with E-state index < -0.39 is 11.9 Å². The van der Waals surface area contributed by atoms with Gasteiger partial charge in [-0.05, 0) is 42.0 Å². The molecule has 5 nitrogen and oxygen atoms in total. The molecule has 0 atom stereocenters. The van der Waals surface area contributed by atoms with Crippen LogP contribution in [0.4, 0.5) is 5.69 Å². The summed E-state index contributed by atoms with van der Waals surface area (Å²) in [5.74, 6) is -2.51. The summed E-state index contributed by atoms with van der Waals surface area (Å²) in [6.45, 7) is 6.57. The topological polar surface area (TPSA) is 101 Å². The van der Waals surface area contributed by atoms with Crippen molar-refractivity contribution in [2.24, 2.45) is 0 Å². The Morgan fingerprint density at radius 1 is 0.952 bits per heavy atom. The Bertz CT molecular complexity index is 505. The van der Waals surface area contributed by atoms with E-state index in [1.165, 1.54) is 16.7 Å². The van der Waals surface area contributed by atoms with Crippen molar-refractivity contribution in [1.82, 2.24) is 0 Å². The average molecular weight is 293 g/mol. The van der Waals surface area contributed by atoms with Gasteiger partial charge >= 0.3 is 11.9 Å². The highest BCUT2D eigenvalue weighted by molar-refractivity contribution is 5.89. The summed E-state index contributed by atoms with van der Waals surface area (Å²) < 4.78 is 0. The van der Waals surface area contributed by atoms with Crippen molar-refractivity contribution in [2.45, 2.75) is 40.0 Å². The third-order valence-corrected chi connectivity index (χ3v) is 3.02. The van der Waals surface area contributed by atoms with E-state index in [4.69, 9.17) is 15.9 Å². The molecule has 0 saturated heterocycles. The second-order valence-corrected chi connectivity index (χ2v) is 4.34. The van der Waals surface area contributed by atoms with Gasteiger partial charge in [-0.25, -0.2) is 9.59 Å². The third kappa shape index (κ3) is 6.61. The Kier molecular flexibility index (Phi) is 8.53. The Morgan fingerprint density at radius 3 is 1.76 bits per heavy atom. The van der Waals surface area contributed by atoms with Crippen LogP contribution < -0.4 is 5.73 Å². The van der Waals surface area contributed by atoms with Gasteiger partial charge in [0.1, 0.15) is 0 Å². The number of nitrogens with two attached hydrogens (primary N) is 1. The SMILES string of the molecule is CCc1ccc(N)c(CC)c1CC.O=C(O)/C=C/C(=O)O. The number of anilines is 1. The maximum Gasteiger partial charge on any atom is 0.328 e. The zero-order chi connectivity index (χ0) is 16.4. The van der Waals surface area contributed by atoms with Crippen LogP contribution in [0.15, 0.2) is 24.3 Å². The number of aliphatic carboxylic acids is 2. The monoisotopic (exact) mass is 293 g/mol. The number of hydrogen-bond donors (Lipinski definition) is 3. The predicted octanol–water partition coefficient (Wildman–Crippen LogP) is 2.67. The number of rotatable bonds is 5. The predicted molar refractivity (Wildman–Crippen MR) is 83.4 cm³/mol. The molecule has 21 heavy (non-hydrogen) atoms. The minimum atomic E-state index is -1.26. The van der Waals surface area contributed by atoms with E-state index in [2.05, 4.69) is 26.8 Å². The molecule has 0 spiro atoms. The second-order valence-electron chi connectivity index (χ2n) is 4.34. The number of aryl methyl sites for hydroxylation is 1. The summed E-state index contributed by atoms with van der Waals surface area (Å²) in [7, 11) is 0. The zero-order valence-electron chi connectivity index (χ0n) is 12.7. The molecule has 0 fully saturated rings. The lowest BCUT2D eigenvalue weighted by Gasteiger charge is -2.13. The van der Waals surface area contributed by atoms with Crippen molar-refractivity contribution in [3.8, 4) is 0 Å². The van der Waals surface area contributed by atoms with E-state index in [0.717, 1.165) is 24.9 Å². The van der Waals surface area contributed by atoms with Crippen molar-refractivity contribution in [1.29, 1.82) is 0 Å². The molecule has 0 radical (unpaired) electrons. The first-order valence-electron chi connectivity index (χ1n) is 6.90. The summed E-state index contributed by atoms with van der Waals surface area (Å²) in [6, 6.07) is 4.20. The van der Waals surface area contributed by atoms with E-state index in [0.29, 0.717) is 12.2 Å². The van der Waals surface area contributed by atoms with Gasteiger partial charge in [0.2, 0.25) is 0 Å². The Hall–Kier alpha value is -2.30. The van der Waals surface area contributed by atoms with Crippen LogP contribution in [-0.4, -0.2) is 22.2 Å². The van der Waals surface area contributed by atoms with Crippen LogP contribution in [0.1, 0.15) is 37.5 Å². The van der Waals surface area contributed by atoms with Crippen molar-refractivity contribution >= 4 is 17.6 Å². The Labute approximate surface area is 125 Å². The normalized spacial score (nSPS) is 10.0. The first-order chi connectivity index (χ1) is 9.87. The Balaban J connectivity index is 0.000000433. The number of carboxylic acids is 2. The summed E-state index contributed by atoms with van der Waals surface area (Å²) in [6.07, 6.45) is 4.36. The molecular formula is C16H23NO4. The summed E-state index contributed by atoms with van der Waals surface area (Å²) in [5.41, 5.74) is 11.2. The van der Waals surface area contributed by atoms with Crippen molar-refractivity contribution in [3.05, 3.63) is 41.0 Å². The van der Waals surface area contributed by atoms with E-state index >= 15 is 0 Å². The van der Waals surface area contributed by atoms with Gasteiger partial charge in [-0.3, -0.25) is 0 Å². The fourth-order valence-electron chi connectivity index (χ4n) is 2.09. The van der Waals surface area contributed by atoms with Gasteiger partial charge in [0.05, 0.1) is 0 Å². The smallest absolute Gasteiger partial charge is 0.328 e. The van der Waals surface area contributed by atoms with Crippen LogP contribution in [0.25, 0.3) is 0 Å². The first kappa shape index (κ1) is 18.7. The number of carbonyl (C=O) groups is 2. The zero-order valence-corrected chi connectivity index (χ0v) is 12.7. The van der Waals surface area contributed by atoms with E-state index in [9.17, 15) is 9.59 Å². The molecular weight excluding hydrogens is 270 g/mol. The molecule has 0 aliphatic heterocycles. The number of nitrogen functional groups attached to an aromatic ring is 1. The van der Waals surface area contributed by atoms with Crippen LogP contribution >= 0.6 is 0 Å². The highest BCUT2D eigenvalue weighted by Crippen LogP contribution is 2.22. The standard InChI is InChI=1S/C12H19N.C4H4O4/c1-4-9-7-8-12(13)11(6-3)10(9)5-2;5-3(6)1-2-4(7)8/h7-8H,4-6,13H2,1-3H3;1-2H,(H,5,6)(H,7,8)/b;2-1+. The van der Waals surface area contributed by atoms with Crippen molar-refractivity contribution in [3.63, 3.8) is 0 Å². The molecule has 0 amide bonds. The lowest BCUT2D eigenvalue weighted by Crippen LogP contribution is -2.02. The van der Waals surface area contributed by atoms with E-state index in [-0.39, 0.29) is 0 Å². The van der Waals surface area contributed by atoms with Gasteiger partial charge in [0.15, 0.2) is 0 Å². The van der Waals surface area contributed by atoms with Crippen LogP contribution in [0.2, 0.25) is 0 Å². The molecule has 0 unspecified atom stereocenters. The van der Waals surface area contributed by atoms with Gasteiger partial charge in [-0.1, -0.05) is 26.8 Å². The molecule has 116 valence electrons. The fourth-order valence-corrected chi connectivity index (χ4v) is 2.09. The molecule has 0 aliphatic carbocycles. The molecule has 0 heterocycles. The lowest BCUT2D eigenvalue weighted by atomic mass is 9.94. The fraction of sp³-hybridized carbons (Fsp3) is 0.375. The van der Waals surface area contributed by atoms with Crippen LogP contribution in [0, 0.1) is 0 Å². The quantitative estimate of drug-likeness (QED) is 0.572. The molecule has 1 rings (SSSR count). The largest absolute Gasteiger partial charge is 0.478 e.